The number of nitro benzene ring substituents is 1. The van der Waals surface area contributed by atoms with E-state index < -0.39 is 22.1 Å². The van der Waals surface area contributed by atoms with Crippen molar-refractivity contribution in [2.75, 3.05) is 5.32 Å². The highest BCUT2D eigenvalue weighted by Crippen LogP contribution is 2.41. The number of fused-ring (bicyclic) bond motifs is 1. The molecule has 0 aliphatic heterocycles. The molecule has 34 heavy (non-hydrogen) atoms. The fourth-order valence-corrected chi connectivity index (χ4v) is 4.63. The Kier molecular flexibility index (Phi) is 7.87. The van der Waals surface area contributed by atoms with Crippen LogP contribution in [0, 0.1) is 10.1 Å². The topological polar surface area (TPSA) is 138 Å². The Bertz CT molecular complexity index is 1170. The first kappa shape index (κ1) is 25.1. The van der Waals surface area contributed by atoms with Gasteiger partial charge in [0.15, 0.2) is 0 Å². The van der Waals surface area contributed by atoms with Crippen LogP contribution in [0.5, 0.6) is 0 Å². The Morgan fingerprint density at radius 3 is 2.47 bits per heavy atom. The van der Waals surface area contributed by atoms with Crippen LogP contribution in [0.1, 0.15) is 54.3 Å². The molecule has 2 aromatic heterocycles. The Balaban J connectivity index is 0.000000751. The summed E-state index contributed by atoms with van der Waals surface area (Å²) in [5, 5.41) is 28.3. The maximum absolute atomic E-state index is 13.3. The number of carboxylic acid groups (broad SMARTS) is 2. The molecule has 3 aromatic rings. The summed E-state index contributed by atoms with van der Waals surface area (Å²) < 4.78 is 39.8. The van der Waals surface area contributed by atoms with Crippen molar-refractivity contribution in [2.24, 2.45) is 0 Å². The van der Waals surface area contributed by atoms with E-state index in [1.54, 1.807) is 12.1 Å². The number of hydrogen-bond acceptors (Lipinski definition) is 7. The highest BCUT2D eigenvalue weighted by Gasteiger charge is 2.34. The molecule has 0 atom stereocenters. The number of nitrogens with zero attached hydrogens (tertiary/aromatic N) is 3. The molecule has 0 spiro atoms. The van der Waals surface area contributed by atoms with Crippen LogP contribution in [-0.4, -0.2) is 31.3 Å². The van der Waals surface area contributed by atoms with Gasteiger partial charge in [-0.2, -0.15) is 13.2 Å². The number of halogens is 3. The first-order valence-electron chi connectivity index (χ1n) is 10.3. The van der Waals surface area contributed by atoms with Crippen LogP contribution in [0.25, 0.3) is 10.2 Å². The second-order valence-corrected chi connectivity index (χ2v) is 8.69. The lowest BCUT2D eigenvalue weighted by molar-refractivity contribution is -0.384. The number of nitrogens with one attached hydrogen (secondary N) is 1. The van der Waals surface area contributed by atoms with E-state index in [-0.39, 0.29) is 18.2 Å². The number of nitro groups is 1. The van der Waals surface area contributed by atoms with Gasteiger partial charge in [-0.05, 0) is 24.5 Å². The Labute approximate surface area is 195 Å². The second kappa shape index (κ2) is 10.6. The first-order chi connectivity index (χ1) is 16.0. The van der Waals surface area contributed by atoms with E-state index in [2.05, 4.69) is 15.3 Å². The summed E-state index contributed by atoms with van der Waals surface area (Å²) in [6, 6.07) is 7.18. The van der Waals surface area contributed by atoms with E-state index in [1.807, 2.05) is 0 Å². The minimum Gasteiger partial charge on any atom is -0.450 e. The van der Waals surface area contributed by atoms with Gasteiger partial charge in [0.25, 0.3) is 5.69 Å². The number of anilines is 1. The number of non-ortho nitro benzene ring substituents is 1. The fourth-order valence-electron chi connectivity index (χ4n) is 3.72. The predicted molar refractivity (Wildman–Crippen MR) is 119 cm³/mol. The van der Waals surface area contributed by atoms with Crippen LogP contribution >= 0.6 is 11.3 Å². The standard InChI is InChI=1S/C20H19F3N4O2S.CH2O3/c21-20(22,23)16-10-15-18(24-11-12-5-4-8-14(9-12)27(28)29)25-17(26-19(15)30-16)13-6-2-1-3-7-13;2-1(3)4/h4-5,8-10,13H,1-3,6-7,11H2,(H,24,25,26);(H2,2,3,4). The van der Waals surface area contributed by atoms with Gasteiger partial charge in [0.1, 0.15) is 21.3 Å². The minimum atomic E-state index is -4.45. The fraction of sp³-hybridized carbons (Fsp3) is 0.381. The van der Waals surface area contributed by atoms with Gasteiger partial charge in [0.2, 0.25) is 0 Å². The van der Waals surface area contributed by atoms with Crippen molar-refractivity contribution in [3.05, 3.63) is 56.7 Å². The molecular weight excluding hydrogens is 477 g/mol. The van der Waals surface area contributed by atoms with E-state index in [1.165, 1.54) is 12.1 Å². The highest BCUT2D eigenvalue weighted by atomic mass is 32.1. The Morgan fingerprint density at radius 1 is 1.18 bits per heavy atom. The highest BCUT2D eigenvalue weighted by molar-refractivity contribution is 7.18. The third kappa shape index (κ3) is 6.53. The molecule has 4 rings (SSSR count). The van der Waals surface area contributed by atoms with Gasteiger partial charge in [-0.25, -0.2) is 14.8 Å². The average Bonchev–Trinajstić information content (AvgIpc) is 3.23. The van der Waals surface area contributed by atoms with E-state index >= 15 is 0 Å². The van der Waals surface area contributed by atoms with Gasteiger partial charge in [-0.3, -0.25) is 10.1 Å². The molecule has 0 radical (unpaired) electrons. The van der Waals surface area contributed by atoms with Crippen molar-refractivity contribution in [3.63, 3.8) is 0 Å². The number of carbonyl (C=O) groups is 1. The van der Waals surface area contributed by atoms with Crippen LogP contribution < -0.4 is 5.32 Å². The molecule has 1 aliphatic carbocycles. The Hall–Kier alpha value is -3.48. The lowest BCUT2D eigenvalue weighted by Crippen LogP contribution is -2.11. The maximum Gasteiger partial charge on any atom is 0.503 e. The monoisotopic (exact) mass is 498 g/mol. The van der Waals surface area contributed by atoms with Crippen molar-refractivity contribution in [1.29, 1.82) is 0 Å². The quantitative estimate of drug-likeness (QED) is 0.268. The van der Waals surface area contributed by atoms with Crippen molar-refractivity contribution >= 4 is 39.2 Å². The van der Waals surface area contributed by atoms with Gasteiger partial charge >= 0.3 is 12.3 Å². The molecule has 1 aliphatic rings. The SMILES string of the molecule is O=C(O)O.O=[N+]([O-])c1cccc(CNc2nc(C3CCCCC3)nc3sc(C(F)(F)F)cc23)c1. The zero-order valence-electron chi connectivity index (χ0n) is 17.7. The molecule has 1 aromatic carbocycles. The number of benzene rings is 1. The number of hydrogen-bond donors (Lipinski definition) is 3. The third-order valence-electron chi connectivity index (χ3n) is 5.24. The molecular formula is C21H21F3N4O5S. The molecule has 0 bridgehead atoms. The van der Waals surface area contributed by atoms with E-state index in [0.717, 1.165) is 38.2 Å². The number of thiophene rings is 1. The largest absolute Gasteiger partial charge is 0.503 e. The predicted octanol–water partition coefficient (Wildman–Crippen LogP) is 6.50. The normalized spacial score (nSPS) is 14.3. The van der Waals surface area contributed by atoms with Crippen LogP contribution in [0.15, 0.2) is 30.3 Å². The van der Waals surface area contributed by atoms with Gasteiger partial charge in [0, 0.05) is 24.6 Å². The zero-order chi connectivity index (χ0) is 24.9. The summed E-state index contributed by atoms with van der Waals surface area (Å²) in [6.45, 7) is 0.203. The van der Waals surface area contributed by atoms with Crippen molar-refractivity contribution in [3.8, 4) is 0 Å². The van der Waals surface area contributed by atoms with Gasteiger partial charge in [0.05, 0.1) is 10.3 Å². The summed E-state index contributed by atoms with van der Waals surface area (Å²) in [5.74, 6) is 1.04. The molecule has 1 fully saturated rings. The third-order valence-corrected chi connectivity index (χ3v) is 6.31. The molecule has 0 saturated heterocycles. The molecule has 13 heteroatoms. The molecule has 3 N–H and O–H groups in total. The zero-order valence-corrected chi connectivity index (χ0v) is 18.5. The van der Waals surface area contributed by atoms with Gasteiger partial charge in [-0.1, -0.05) is 31.4 Å². The van der Waals surface area contributed by atoms with Gasteiger partial charge in [-0.15, -0.1) is 11.3 Å². The summed E-state index contributed by atoms with van der Waals surface area (Å²) >= 11 is 0.619. The van der Waals surface area contributed by atoms with Crippen LogP contribution in [-0.2, 0) is 12.7 Å². The number of alkyl halides is 3. The maximum atomic E-state index is 13.3. The smallest absolute Gasteiger partial charge is 0.450 e. The van der Waals surface area contributed by atoms with Crippen LogP contribution in [0.4, 0.5) is 29.5 Å². The van der Waals surface area contributed by atoms with Crippen molar-refractivity contribution in [1.82, 2.24) is 9.97 Å². The summed E-state index contributed by atoms with van der Waals surface area (Å²) in [7, 11) is 0. The first-order valence-corrected chi connectivity index (χ1v) is 11.1. The number of aromatic nitrogens is 2. The van der Waals surface area contributed by atoms with Crippen LogP contribution in [0.2, 0.25) is 0 Å². The Morgan fingerprint density at radius 2 is 1.85 bits per heavy atom. The summed E-state index contributed by atoms with van der Waals surface area (Å²) in [5.41, 5.74) is 0.598. The average molecular weight is 498 g/mol. The van der Waals surface area contributed by atoms with E-state index in [4.69, 9.17) is 15.0 Å². The number of rotatable bonds is 5. The lowest BCUT2D eigenvalue weighted by Gasteiger charge is -2.21. The van der Waals surface area contributed by atoms with E-state index in [9.17, 15) is 23.3 Å². The van der Waals surface area contributed by atoms with Gasteiger partial charge < -0.3 is 15.5 Å². The molecule has 0 amide bonds. The molecule has 1 saturated carbocycles. The molecule has 2 heterocycles. The van der Waals surface area contributed by atoms with Crippen LogP contribution in [0.3, 0.4) is 0 Å². The molecule has 182 valence electrons. The molecule has 0 unspecified atom stereocenters. The minimum absolute atomic E-state index is 0.0417. The lowest BCUT2D eigenvalue weighted by atomic mass is 9.88. The van der Waals surface area contributed by atoms with E-state index in [0.29, 0.717) is 38.8 Å². The summed E-state index contributed by atoms with van der Waals surface area (Å²) in [6.07, 6.45) is -1.18. The van der Waals surface area contributed by atoms with Crippen molar-refractivity contribution in [2.45, 2.75) is 50.7 Å². The molecule has 9 nitrogen and oxygen atoms in total. The van der Waals surface area contributed by atoms with Crippen molar-refractivity contribution < 1.29 is 33.1 Å². The second-order valence-electron chi connectivity index (χ2n) is 7.66. The summed E-state index contributed by atoms with van der Waals surface area (Å²) in [4.78, 5) is 27.7.